The zero-order valence-corrected chi connectivity index (χ0v) is 12.4. The first-order valence-electron chi connectivity index (χ1n) is 5.88. The minimum absolute atomic E-state index is 0. The van der Waals surface area contributed by atoms with Crippen LogP contribution in [0.25, 0.3) is 0 Å². The van der Waals surface area contributed by atoms with Crippen LogP contribution in [0.1, 0.15) is 25.0 Å². The van der Waals surface area contributed by atoms with Gasteiger partial charge >= 0.3 is 0 Å². The first-order chi connectivity index (χ1) is 7.88. The molecule has 0 bridgehead atoms. The van der Waals surface area contributed by atoms with E-state index in [1.807, 2.05) is 33.0 Å². The smallest absolute Gasteiger partial charge is 0.229 e. The van der Waals surface area contributed by atoms with Crippen molar-refractivity contribution >= 4 is 18.3 Å². The number of benzene rings is 1. The zero-order chi connectivity index (χ0) is 13.1. The quantitative estimate of drug-likeness (QED) is 0.913. The van der Waals surface area contributed by atoms with Crippen molar-refractivity contribution in [1.82, 2.24) is 4.90 Å². The molecule has 0 saturated heterocycles. The SMILES string of the molecule is Cc1ccccc1CN(C)C(=O)C(C)(C)CN.Cl. The van der Waals surface area contributed by atoms with E-state index in [-0.39, 0.29) is 18.3 Å². The van der Waals surface area contributed by atoms with Crippen molar-refractivity contribution < 1.29 is 4.79 Å². The fraction of sp³-hybridized carbons (Fsp3) is 0.500. The lowest BCUT2D eigenvalue weighted by Gasteiger charge is -2.28. The van der Waals surface area contributed by atoms with Crippen LogP contribution in [0.3, 0.4) is 0 Å². The van der Waals surface area contributed by atoms with Crippen LogP contribution >= 0.6 is 12.4 Å². The molecule has 3 nitrogen and oxygen atoms in total. The van der Waals surface area contributed by atoms with E-state index in [0.717, 1.165) is 0 Å². The number of aryl methyl sites for hydroxylation is 1. The van der Waals surface area contributed by atoms with Gasteiger partial charge in [-0.3, -0.25) is 4.79 Å². The lowest BCUT2D eigenvalue weighted by atomic mass is 9.92. The molecule has 102 valence electrons. The number of carbonyl (C=O) groups excluding carboxylic acids is 1. The van der Waals surface area contributed by atoms with Crippen LogP contribution in [0.15, 0.2) is 24.3 Å². The highest BCUT2D eigenvalue weighted by atomic mass is 35.5. The molecule has 1 rings (SSSR count). The van der Waals surface area contributed by atoms with Gasteiger partial charge in [-0.25, -0.2) is 0 Å². The molecule has 1 aromatic rings. The van der Waals surface area contributed by atoms with Gasteiger partial charge in [0.05, 0.1) is 5.41 Å². The Balaban J connectivity index is 0.00000289. The van der Waals surface area contributed by atoms with Gasteiger partial charge in [0.2, 0.25) is 5.91 Å². The molecule has 0 atom stereocenters. The zero-order valence-electron chi connectivity index (χ0n) is 11.6. The van der Waals surface area contributed by atoms with E-state index in [4.69, 9.17) is 5.73 Å². The maximum Gasteiger partial charge on any atom is 0.229 e. The molecule has 2 N–H and O–H groups in total. The summed E-state index contributed by atoms with van der Waals surface area (Å²) in [5.41, 5.74) is 7.52. The molecule has 0 aromatic heterocycles. The molecule has 4 heteroatoms. The maximum absolute atomic E-state index is 12.2. The topological polar surface area (TPSA) is 46.3 Å². The minimum atomic E-state index is -0.489. The number of rotatable bonds is 4. The fourth-order valence-electron chi connectivity index (χ4n) is 1.72. The summed E-state index contributed by atoms with van der Waals surface area (Å²) in [5, 5.41) is 0. The molecule has 0 spiro atoms. The molecule has 0 radical (unpaired) electrons. The Morgan fingerprint density at radius 1 is 1.33 bits per heavy atom. The van der Waals surface area contributed by atoms with Crippen LogP contribution in [-0.2, 0) is 11.3 Å². The Kier molecular flexibility index (Phi) is 6.36. The number of halogens is 1. The molecule has 0 saturated carbocycles. The van der Waals surface area contributed by atoms with E-state index in [2.05, 4.69) is 19.1 Å². The van der Waals surface area contributed by atoms with Crippen LogP contribution in [0.5, 0.6) is 0 Å². The Hall–Kier alpha value is -1.06. The number of amides is 1. The van der Waals surface area contributed by atoms with Crippen LogP contribution < -0.4 is 5.73 Å². The second-order valence-corrected chi connectivity index (χ2v) is 5.18. The maximum atomic E-state index is 12.2. The summed E-state index contributed by atoms with van der Waals surface area (Å²) in [6, 6.07) is 8.11. The summed E-state index contributed by atoms with van der Waals surface area (Å²) in [5.74, 6) is 0.0863. The van der Waals surface area contributed by atoms with Gasteiger partial charge in [0, 0.05) is 20.1 Å². The van der Waals surface area contributed by atoms with Gasteiger partial charge in [-0.2, -0.15) is 0 Å². The number of hydrogen-bond donors (Lipinski definition) is 1. The van der Waals surface area contributed by atoms with E-state index in [0.29, 0.717) is 13.1 Å². The van der Waals surface area contributed by atoms with Crippen molar-refractivity contribution in [1.29, 1.82) is 0 Å². The van der Waals surface area contributed by atoms with Crippen LogP contribution in [-0.4, -0.2) is 24.4 Å². The van der Waals surface area contributed by atoms with Crippen LogP contribution in [0.2, 0.25) is 0 Å². The average molecular weight is 271 g/mol. The van der Waals surface area contributed by atoms with E-state index in [1.165, 1.54) is 11.1 Å². The monoisotopic (exact) mass is 270 g/mol. The van der Waals surface area contributed by atoms with Crippen molar-refractivity contribution in [2.24, 2.45) is 11.1 Å². The molecule has 0 aliphatic rings. The summed E-state index contributed by atoms with van der Waals surface area (Å²) in [4.78, 5) is 13.9. The third-order valence-electron chi connectivity index (χ3n) is 3.10. The van der Waals surface area contributed by atoms with Gasteiger partial charge in [0.15, 0.2) is 0 Å². The minimum Gasteiger partial charge on any atom is -0.341 e. The Bertz CT molecular complexity index is 405. The molecular weight excluding hydrogens is 248 g/mol. The van der Waals surface area contributed by atoms with E-state index < -0.39 is 5.41 Å². The molecule has 1 amide bonds. The number of carbonyl (C=O) groups is 1. The fourth-order valence-corrected chi connectivity index (χ4v) is 1.72. The molecule has 0 aliphatic carbocycles. The normalized spacial score (nSPS) is 10.7. The Labute approximate surface area is 116 Å². The highest BCUT2D eigenvalue weighted by molar-refractivity contribution is 5.85. The summed E-state index contributed by atoms with van der Waals surface area (Å²) < 4.78 is 0. The van der Waals surface area contributed by atoms with E-state index in [9.17, 15) is 4.79 Å². The molecule has 18 heavy (non-hydrogen) atoms. The molecule has 0 aliphatic heterocycles. The molecule has 0 fully saturated rings. The van der Waals surface area contributed by atoms with Crippen molar-refractivity contribution in [3.63, 3.8) is 0 Å². The van der Waals surface area contributed by atoms with E-state index >= 15 is 0 Å². The molecule has 0 heterocycles. The number of nitrogens with two attached hydrogens (primary N) is 1. The van der Waals surface area contributed by atoms with Gasteiger partial charge in [-0.15, -0.1) is 12.4 Å². The largest absolute Gasteiger partial charge is 0.341 e. The van der Waals surface area contributed by atoms with Crippen LogP contribution in [0.4, 0.5) is 0 Å². The van der Waals surface area contributed by atoms with Gasteiger partial charge in [0.1, 0.15) is 0 Å². The third kappa shape index (κ3) is 4.00. The second kappa shape index (κ2) is 6.76. The average Bonchev–Trinajstić information content (AvgIpc) is 2.31. The van der Waals surface area contributed by atoms with E-state index in [1.54, 1.807) is 4.90 Å². The summed E-state index contributed by atoms with van der Waals surface area (Å²) in [7, 11) is 1.83. The Morgan fingerprint density at radius 2 is 1.89 bits per heavy atom. The first kappa shape index (κ1) is 16.9. The van der Waals surface area contributed by atoms with Gasteiger partial charge in [-0.1, -0.05) is 24.3 Å². The van der Waals surface area contributed by atoms with Crippen molar-refractivity contribution in [3.05, 3.63) is 35.4 Å². The summed E-state index contributed by atoms with van der Waals surface area (Å²) in [6.07, 6.45) is 0. The van der Waals surface area contributed by atoms with Gasteiger partial charge in [-0.05, 0) is 31.9 Å². The highest BCUT2D eigenvalue weighted by Crippen LogP contribution is 2.18. The summed E-state index contributed by atoms with van der Waals surface area (Å²) in [6.45, 7) is 6.81. The predicted octanol–water partition coefficient (Wildman–Crippen LogP) is 2.36. The molecule has 0 unspecified atom stereocenters. The molecule has 1 aromatic carbocycles. The highest BCUT2D eigenvalue weighted by Gasteiger charge is 2.28. The second-order valence-electron chi connectivity index (χ2n) is 5.18. The lowest BCUT2D eigenvalue weighted by Crippen LogP contribution is -2.42. The van der Waals surface area contributed by atoms with Crippen molar-refractivity contribution in [3.8, 4) is 0 Å². The number of hydrogen-bond acceptors (Lipinski definition) is 2. The lowest BCUT2D eigenvalue weighted by molar-refractivity contribution is -0.139. The Morgan fingerprint density at radius 3 is 2.39 bits per heavy atom. The first-order valence-corrected chi connectivity index (χ1v) is 5.88. The van der Waals surface area contributed by atoms with Crippen molar-refractivity contribution in [2.45, 2.75) is 27.3 Å². The van der Waals surface area contributed by atoms with Gasteiger partial charge in [0.25, 0.3) is 0 Å². The predicted molar refractivity (Wildman–Crippen MR) is 77.7 cm³/mol. The van der Waals surface area contributed by atoms with Crippen LogP contribution in [0, 0.1) is 12.3 Å². The molecular formula is C14H23ClN2O. The summed E-state index contributed by atoms with van der Waals surface area (Å²) >= 11 is 0. The van der Waals surface area contributed by atoms with Crippen molar-refractivity contribution in [2.75, 3.05) is 13.6 Å². The number of nitrogens with zero attached hydrogens (tertiary/aromatic N) is 1. The third-order valence-corrected chi connectivity index (χ3v) is 3.10. The van der Waals surface area contributed by atoms with Gasteiger partial charge < -0.3 is 10.6 Å². The standard InChI is InChI=1S/C14H22N2O.ClH/c1-11-7-5-6-8-12(11)9-16(4)13(17)14(2,3)10-15;/h5-8H,9-10,15H2,1-4H3;1H.